The lowest BCUT2D eigenvalue weighted by molar-refractivity contribution is -0.133. The highest BCUT2D eigenvalue weighted by Gasteiger charge is 2.37. The Labute approximate surface area is 117 Å². The maximum atomic E-state index is 13.6. The van der Waals surface area contributed by atoms with Crippen LogP contribution in [0.4, 0.5) is 8.78 Å². The summed E-state index contributed by atoms with van der Waals surface area (Å²) in [6.07, 6.45) is 2.89. The molecule has 2 aliphatic heterocycles. The molecule has 5 heteroatoms. The Balaban J connectivity index is 1.77. The summed E-state index contributed by atoms with van der Waals surface area (Å²) in [4.78, 5) is 14.3. The van der Waals surface area contributed by atoms with Gasteiger partial charge >= 0.3 is 0 Å². The van der Waals surface area contributed by atoms with Crippen molar-refractivity contribution < 1.29 is 13.6 Å². The Morgan fingerprint density at radius 2 is 2.05 bits per heavy atom. The van der Waals surface area contributed by atoms with Crippen LogP contribution in [0.25, 0.3) is 0 Å². The number of amides is 1. The van der Waals surface area contributed by atoms with E-state index in [9.17, 15) is 13.6 Å². The zero-order valence-corrected chi connectivity index (χ0v) is 11.2. The van der Waals surface area contributed by atoms with Gasteiger partial charge in [0.25, 0.3) is 0 Å². The second kappa shape index (κ2) is 5.48. The largest absolute Gasteiger partial charge is 0.335 e. The van der Waals surface area contributed by atoms with E-state index in [2.05, 4.69) is 5.32 Å². The standard InChI is InChI=1S/C15H18F2N2O/c16-11-1-4-14(17)10(7-11)8-15(20)19-12-2-3-13(19)9-18-6-5-12/h1,4,7,12-13,18H,2-3,5-6,8-9H2. The highest BCUT2D eigenvalue weighted by Crippen LogP contribution is 2.28. The number of carbonyl (C=O) groups excluding carboxylic acids is 1. The van der Waals surface area contributed by atoms with E-state index in [-0.39, 0.29) is 30.0 Å². The molecule has 0 saturated carbocycles. The molecule has 1 aromatic carbocycles. The Bertz CT molecular complexity index is 507. The third kappa shape index (κ3) is 2.54. The lowest BCUT2D eigenvalue weighted by Crippen LogP contribution is -2.43. The Kier molecular flexibility index (Phi) is 3.70. The third-order valence-corrected chi connectivity index (χ3v) is 4.29. The summed E-state index contributed by atoms with van der Waals surface area (Å²) in [5.41, 5.74) is 0.145. The van der Waals surface area contributed by atoms with E-state index in [0.29, 0.717) is 0 Å². The topological polar surface area (TPSA) is 32.3 Å². The fourth-order valence-electron chi connectivity index (χ4n) is 3.32. The predicted octanol–water partition coefficient (Wildman–Crippen LogP) is 1.86. The predicted molar refractivity (Wildman–Crippen MR) is 71.2 cm³/mol. The maximum absolute atomic E-state index is 13.6. The van der Waals surface area contributed by atoms with Gasteiger partial charge in [-0.3, -0.25) is 4.79 Å². The van der Waals surface area contributed by atoms with E-state index < -0.39 is 11.6 Å². The summed E-state index contributed by atoms with van der Waals surface area (Å²) in [5.74, 6) is -1.11. The van der Waals surface area contributed by atoms with Crippen LogP contribution in [0, 0.1) is 11.6 Å². The van der Waals surface area contributed by atoms with Crippen LogP contribution in [0.2, 0.25) is 0 Å². The van der Waals surface area contributed by atoms with Crippen molar-refractivity contribution in [2.24, 2.45) is 0 Å². The molecule has 2 saturated heterocycles. The molecular weight excluding hydrogens is 262 g/mol. The van der Waals surface area contributed by atoms with Crippen LogP contribution in [0.5, 0.6) is 0 Å². The Morgan fingerprint density at radius 3 is 2.90 bits per heavy atom. The van der Waals surface area contributed by atoms with Gasteiger partial charge in [0.05, 0.1) is 6.42 Å². The number of nitrogens with one attached hydrogen (secondary N) is 1. The minimum absolute atomic E-state index is 0.0589. The fourth-order valence-corrected chi connectivity index (χ4v) is 3.32. The van der Waals surface area contributed by atoms with Gasteiger partial charge in [-0.25, -0.2) is 8.78 Å². The van der Waals surface area contributed by atoms with Crippen molar-refractivity contribution >= 4 is 5.91 Å². The van der Waals surface area contributed by atoms with Gasteiger partial charge in [0.15, 0.2) is 0 Å². The summed E-state index contributed by atoms with van der Waals surface area (Å²) in [6, 6.07) is 3.72. The first kappa shape index (κ1) is 13.5. The van der Waals surface area contributed by atoms with Crippen LogP contribution in [-0.4, -0.2) is 36.0 Å². The fraction of sp³-hybridized carbons (Fsp3) is 0.533. The lowest BCUT2D eigenvalue weighted by Gasteiger charge is -2.28. The number of rotatable bonds is 2. The van der Waals surface area contributed by atoms with Gasteiger partial charge < -0.3 is 10.2 Å². The molecule has 2 atom stereocenters. The summed E-state index contributed by atoms with van der Waals surface area (Å²) < 4.78 is 26.8. The van der Waals surface area contributed by atoms with Crippen LogP contribution in [-0.2, 0) is 11.2 Å². The molecule has 20 heavy (non-hydrogen) atoms. The Morgan fingerprint density at radius 1 is 1.25 bits per heavy atom. The van der Waals surface area contributed by atoms with Crippen molar-refractivity contribution in [1.29, 1.82) is 0 Å². The van der Waals surface area contributed by atoms with Gasteiger partial charge in [0.2, 0.25) is 5.91 Å². The molecule has 2 heterocycles. The molecule has 2 fully saturated rings. The number of benzene rings is 1. The first-order valence-corrected chi connectivity index (χ1v) is 7.11. The molecule has 108 valence electrons. The molecule has 0 spiro atoms. The zero-order valence-electron chi connectivity index (χ0n) is 11.2. The van der Waals surface area contributed by atoms with E-state index >= 15 is 0 Å². The smallest absolute Gasteiger partial charge is 0.227 e. The molecule has 1 aromatic rings. The molecule has 0 aromatic heterocycles. The van der Waals surface area contributed by atoms with Crippen molar-refractivity contribution in [3.63, 3.8) is 0 Å². The number of hydrogen-bond acceptors (Lipinski definition) is 2. The van der Waals surface area contributed by atoms with Crippen molar-refractivity contribution in [2.75, 3.05) is 13.1 Å². The van der Waals surface area contributed by atoms with Crippen LogP contribution in [0.15, 0.2) is 18.2 Å². The van der Waals surface area contributed by atoms with Crippen molar-refractivity contribution in [3.8, 4) is 0 Å². The van der Waals surface area contributed by atoms with Gasteiger partial charge in [0.1, 0.15) is 11.6 Å². The minimum Gasteiger partial charge on any atom is -0.335 e. The van der Waals surface area contributed by atoms with Crippen LogP contribution in [0.3, 0.4) is 0 Å². The molecular formula is C15H18F2N2O. The van der Waals surface area contributed by atoms with Gasteiger partial charge in [-0.15, -0.1) is 0 Å². The molecule has 2 unspecified atom stereocenters. The second-order valence-corrected chi connectivity index (χ2v) is 5.59. The first-order valence-electron chi connectivity index (χ1n) is 7.11. The summed E-state index contributed by atoms with van der Waals surface area (Å²) in [6.45, 7) is 1.72. The van der Waals surface area contributed by atoms with Gasteiger partial charge in [-0.1, -0.05) is 0 Å². The minimum atomic E-state index is -0.514. The molecule has 2 bridgehead atoms. The van der Waals surface area contributed by atoms with E-state index in [4.69, 9.17) is 0 Å². The third-order valence-electron chi connectivity index (χ3n) is 4.29. The van der Waals surface area contributed by atoms with Crippen LogP contribution >= 0.6 is 0 Å². The molecule has 3 nitrogen and oxygen atoms in total. The second-order valence-electron chi connectivity index (χ2n) is 5.59. The quantitative estimate of drug-likeness (QED) is 0.897. The molecule has 0 aliphatic carbocycles. The normalized spacial score (nSPS) is 25.6. The van der Waals surface area contributed by atoms with E-state index in [1.54, 1.807) is 0 Å². The molecule has 2 aliphatic rings. The van der Waals surface area contributed by atoms with Crippen molar-refractivity contribution in [3.05, 3.63) is 35.4 Å². The summed E-state index contributed by atoms with van der Waals surface area (Å²) in [7, 11) is 0. The number of fused-ring (bicyclic) bond motifs is 2. The molecule has 1 amide bonds. The number of carbonyl (C=O) groups is 1. The maximum Gasteiger partial charge on any atom is 0.227 e. The lowest BCUT2D eigenvalue weighted by atomic mass is 10.1. The molecule has 1 N–H and O–H groups in total. The van der Waals surface area contributed by atoms with Crippen molar-refractivity contribution in [1.82, 2.24) is 10.2 Å². The van der Waals surface area contributed by atoms with Gasteiger partial charge in [0, 0.05) is 24.2 Å². The van der Waals surface area contributed by atoms with Crippen LogP contribution < -0.4 is 5.32 Å². The van der Waals surface area contributed by atoms with Crippen LogP contribution in [0.1, 0.15) is 24.8 Å². The average Bonchev–Trinajstić information content (AvgIpc) is 2.67. The number of halogens is 2. The number of hydrogen-bond donors (Lipinski definition) is 1. The SMILES string of the molecule is O=C(Cc1cc(F)ccc1F)N1C2CCNCC1CC2. The van der Waals surface area contributed by atoms with E-state index in [0.717, 1.165) is 50.6 Å². The monoisotopic (exact) mass is 280 g/mol. The Hall–Kier alpha value is -1.49. The summed E-state index contributed by atoms with van der Waals surface area (Å²) >= 11 is 0. The summed E-state index contributed by atoms with van der Waals surface area (Å²) in [5, 5.41) is 3.32. The van der Waals surface area contributed by atoms with E-state index in [1.807, 2.05) is 4.90 Å². The van der Waals surface area contributed by atoms with Crippen molar-refractivity contribution in [2.45, 2.75) is 37.8 Å². The van der Waals surface area contributed by atoms with Gasteiger partial charge in [-0.2, -0.15) is 0 Å². The highest BCUT2D eigenvalue weighted by atomic mass is 19.1. The van der Waals surface area contributed by atoms with Gasteiger partial charge in [-0.05, 0) is 44.0 Å². The molecule has 0 radical (unpaired) electrons. The van der Waals surface area contributed by atoms with E-state index in [1.165, 1.54) is 0 Å². The molecule has 3 rings (SSSR count). The zero-order chi connectivity index (χ0) is 14.1. The average molecular weight is 280 g/mol. The first-order chi connectivity index (χ1) is 9.65. The number of nitrogens with zero attached hydrogens (tertiary/aromatic N) is 1. The highest BCUT2D eigenvalue weighted by molar-refractivity contribution is 5.80.